The number of benzene rings is 1. The molecule has 0 unspecified atom stereocenters. The Kier molecular flexibility index (Phi) is 16.5. The van der Waals surface area contributed by atoms with Gasteiger partial charge in [0.25, 0.3) is 15.8 Å². The van der Waals surface area contributed by atoms with Crippen molar-refractivity contribution in [1.82, 2.24) is 0 Å². The van der Waals surface area contributed by atoms with Crippen molar-refractivity contribution in [3.05, 3.63) is 39.9 Å². The molecule has 0 fully saturated rings. The summed E-state index contributed by atoms with van der Waals surface area (Å²) in [7, 11) is -4.24. The molecule has 0 heterocycles. The van der Waals surface area contributed by atoms with Crippen LogP contribution in [0, 0.1) is 10.1 Å². The lowest BCUT2D eigenvalue weighted by Gasteiger charge is -1.99. The summed E-state index contributed by atoms with van der Waals surface area (Å²) < 4.78 is 29.5. The van der Waals surface area contributed by atoms with Gasteiger partial charge in [0.05, 0.1) is 4.92 Å². The Morgan fingerprint density at radius 2 is 1.45 bits per heavy atom. The van der Waals surface area contributed by atoms with Crippen molar-refractivity contribution in [2.24, 2.45) is 0 Å². The van der Waals surface area contributed by atoms with E-state index in [1.54, 1.807) is 0 Å². The van der Waals surface area contributed by atoms with E-state index in [2.05, 4.69) is 0 Å². The van der Waals surface area contributed by atoms with Crippen LogP contribution in [0.2, 0.25) is 0 Å². The second-order valence-electron chi connectivity index (χ2n) is 2.61. The SMILES string of the molecule is CC.CC.CC.O=[N+]([O-])c1ccccc1CS(=O)(=O)O. The van der Waals surface area contributed by atoms with Crippen LogP contribution < -0.4 is 0 Å². The first-order valence-corrected chi connectivity index (χ1v) is 8.18. The zero-order valence-electron chi connectivity index (χ0n) is 13.0. The van der Waals surface area contributed by atoms with E-state index in [1.165, 1.54) is 24.3 Å². The van der Waals surface area contributed by atoms with E-state index in [9.17, 15) is 18.5 Å². The molecular weight excluding hydrogens is 282 g/mol. The molecule has 0 aliphatic rings. The fraction of sp³-hybridized carbons (Fsp3) is 0.538. The molecular formula is C13H25NO5S. The molecule has 0 aromatic heterocycles. The summed E-state index contributed by atoms with van der Waals surface area (Å²) in [6, 6.07) is 5.35. The second kappa shape index (κ2) is 14.0. The molecule has 0 saturated carbocycles. The smallest absolute Gasteiger partial charge is 0.273 e. The Bertz CT molecular complexity index is 458. The standard InChI is InChI=1S/C7H7NO5S.3C2H6/c9-8(10)7-4-2-1-3-6(7)5-14(11,12)13;3*1-2/h1-4H,5H2,(H,11,12,13);3*1-2H3. The maximum atomic E-state index is 10.5. The van der Waals surface area contributed by atoms with Crippen molar-refractivity contribution >= 4 is 15.8 Å². The van der Waals surface area contributed by atoms with E-state index < -0.39 is 20.8 Å². The predicted molar refractivity (Wildman–Crippen MR) is 82.4 cm³/mol. The summed E-state index contributed by atoms with van der Waals surface area (Å²) in [5, 5.41) is 10.4. The Morgan fingerprint density at radius 1 is 1.05 bits per heavy atom. The van der Waals surface area contributed by atoms with Crippen LogP contribution in [0.5, 0.6) is 0 Å². The molecule has 0 spiro atoms. The maximum Gasteiger partial charge on any atom is 0.273 e. The normalized spacial score (nSPS) is 8.75. The quantitative estimate of drug-likeness (QED) is 0.516. The molecule has 0 atom stereocenters. The number of hydrogen-bond acceptors (Lipinski definition) is 4. The fourth-order valence-electron chi connectivity index (χ4n) is 1.01. The predicted octanol–water partition coefficient (Wildman–Crippen LogP) is 4.06. The average Bonchev–Trinajstić information content (AvgIpc) is 2.44. The van der Waals surface area contributed by atoms with Gasteiger partial charge in [-0.05, 0) is 0 Å². The molecule has 0 saturated heterocycles. The van der Waals surface area contributed by atoms with Gasteiger partial charge in [-0.3, -0.25) is 14.7 Å². The summed E-state index contributed by atoms with van der Waals surface area (Å²) in [6.45, 7) is 12.0. The van der Waals surface area contributed by atoms with Gasteiger partial charge < -0.3 is 0 Å². The molecule has 0 aliphatic carbocycles. The van der Waals surface area contributed by atoms with Crippen molar-refractivity contribution < 1.29 is 17.9 Å². The van der Waals surface area contributed by atoms with Crippen molar-refractivity contribution in [2.75, 3.05) is 0 Å². The van der Waals surface area contributed by atoms with E-state index in [4.69, 9.17) is 4.55 Å². The highest BCUT2D eigenvalue weighted by molar-refractivity contribution is 7.85. The van der Waals surface area contributed by atoms with Gasteiger partial charge in [0.2, 0.25) is 0 Å². The summed E-state index contributed by atoms with van der Waals surface area (Å²) in [4.78, 5) is 9.74. The molecule has 6 nitrogen and oxygen atoms in total. The minimum Gasteiger partial charge on any atom is -0.285 e. The van der Waals surface area contributed by atoms with Gasteiger partial charge in [0.15, 0.2) is 0 Å². The van der Waals surface area contributed by atoms with Crippen LogP contribution in [0.15, 0.2) is 24.3 Å². The number of hydrogen-bond donors (Lipinski definition) is 1. The van der Waals surface area contributed by atoms with Gasteiger partial charge in [-0.1, -0.05) is 59.7 Å². The Morgan fingerprint density at radius 3 is 1.80 bits per heavy atom. The first-order valence-electron chi connectivity index (χ1n) is 6.57. The number of rotatable bonds is 3. The van der Waals surface area contributed by atoms with Crippen molar-refractivity contribution in [2.45, 2.75) is 47.3 Å². The van der Waals surface area contributed by atoms with E-state index >= 15 is 0 Å². The lowest BCUT2D eigenvalue weighted by molar-refractivity contribution is -0.385. The van der Waals surface area contributed by atoms with Gasteiger partial charge in [-0.25, -0.2) is 0 Å². The van der Waals surface area contributed by atoms with E-state index in [0.717, 1.165) is 0 Å². The van der Waals surface area contributed by atoms with Gasteiger partial charge in [0, 0.05) is 11.6 Å². The number of nitro groups is 1. The Labute approximate surface area is 121 Å². The molecule has 0 radical (unpaired) electrons. The first-order chi connectivity index (χ1) is 9.40. The highest BCUT2D eigenvalue weighted by atomic mass is 32.2. The molecule has 1 N–H and O–H groups in total. The van der Waals surface area contributed by atoms with Gasteiger partial charge in [-0.15, -0.1) is 0 Å². The highest BCUT2D eigenvalue weighted by Crippen LogP contribution is 2.19. The summed E-state index contributed by atoms with van der Waals surface area (Å²) >= 11 is 0. The third-order valence-electron chi connectivity index (χ3n) is 1.53. The lowest BCUT2D eigenvalue weighted by atomic mass is 10.2. The van der Waals surface area contributed by atoms with Crippen LogP contribution in [0.25, 0.3) is 0 Å². The first kappa shape index (κ1) is 23.6. The summed E-state index contributed by atoms with van der Waals surface area (Å²) in [6.07, 6.45) is 0. The fourth-order valence-corrected chi connectivity index (χ4v) is 1.64. The third-order valence-corrected chi connectivity index (χ3v) is 2.20. The minimum absolute atomic E-state index is 0.0278. The van der Waals surface area contributed by atoms with Crippen LogP contribution in [0.3, 0.4) is 0 Å². The third kappa shape index (κ3) is 11.6. The van der Waals surface area contributed by atoms with Crippen LogP contribution >= 0.6 is 0 Å². The van der Waals surface area contributed by atoms with E-state index in [-0.39, 0.29) is 11.3 Å². The monoisotopic (exact) mass is 307 g/mol. The molecule has 0 bridgehead atoms. The topological polar surface area (TPSA) is 97.5 Å². The van der Waals surface area contributed by atoms with Crippen molar-refractivity contribution in [3.8, 4) is 0 Å². The largest absolute Gasteiger partial charge is 0.285 e. The number of nitrogens with zero attached hydrogens (tertiary/aromatic N) is 1. The zero-order valence-corrected chi connectivity index (χ0v) is 13.8. The highest BCUT2D eigenvalue weighted by Gasteiger charge is 2.17. The second-order valence-corrected chi connectivity index (χ2v) is 4.06. The molecule has 1 aromatic rings. The molecule has 1 rings (SSSR count). The van der Waals surface area contributed by atoms with Crippen molar-refractivity contribution in [3.63, 3.8) is 0 Å². The Balaban J connectivity index is -0.000000425. The molecule has 7 heteroatoms. The molecule has 20 heavy (non-hydrogen) atoms. The van der Waals surface area contributed by atoms with Gasteiger partial charge in [-0.2, -0.15) is 8.42 Å². The number of para-hydroxylation sites is 1. The van der Waals surface area contributed by atoms with E-state index in [0.29, 0.717) is 0 Å². The summed E-state index contributed by atoms with van der Waals surface area (Å²) in [5.74, 6) is -0.746. The zero-order chi connectivity index (χ0) is 16.8. The summed E-state index contributed by atoms with van der Waals surface area (Å²) in [5.41, 5.74) is -0.342. The molecule has 0 aliphatic heterocycles. The van der Waals surface area contributed by atoms with E-state index in [1.807, 2.05) is 41.5 Å². The van der Waals surface area contributed by atoms with Crippen LogP contribution in [0.1, 0.15) is 47.1 Å². The molecule has 0 amide bonds. The minimum atomic E-state index is -4.24. The lowest BCUT2D eigenvalue weighted by Crippen LogP contribution is -2.04. The molecule has 1 aromatic carbocycles. The van der Waals surface area contributed by atoms with Crippen LogP contribution in [0.4, 0.5) is 5.69 Å². The van der Waals surface area contributed by atoms with Crippen LogP contribution in [-0.2, 0) is 15.9 Å². The molecule has 118 valence electrons. The van der Waals surface area contributed by atoms with Gasteiger partial charge in [0.1, 0.15) is 5.75 Å². The number of nitro benzene ring substituents is 1. The average molecular weight is 307 g/mol. The Hall–Kier alpha value is -1.47. The van der Waals surface area contributed by atoms with Crippen LogP contribution in [-0.4, -0.2) is 17.9 Å². The van der Waals surface area contributed by atoms with Crippen molar-refractivity contribution in [1.29, 1.82) is 0 Å². The maximum absolute atomic E-state index is 10.5. The van der Waals surface area contributed by atoms with Gasteiger partial charge >= 0.3 is 0 Å².